The SMILES string of the molecule is CC(C)N1CCC(BC2CCN(C)CC2)CC1. The molecule has 0 radical (unpaired) electrons. The van der Waals surface area contributed by atoms with Gasteiger partial charge in [0, 0.05) is 6.04 Å². The van der Waals surface area contributed by atoms with E-state index in [2.05, 4.69) is 30.7 Å². The minimum absolute atomic E-state index is 0.749. The van der Waals surface area contributed by atoms with Crippen molar-refractivity contribution in [2.45, 2.75) is 57.2 Å². The smallest absolute Gasteiger partial charge is 0.127 e. The molecular weight excluding hydrogens is 207 g/mol. The molecule has 2 fully saturated rings. The number of likely N-dealkylation sites (tertiary alicyclic amines) is 2. The van der Waals surface area contributed by atoms with Crippen LogP contribution < -0.4 is 0 Å². The van der Waals surface area contributed by atoms with Crippen LogP contribution in [0.5, 0.6) is 0 Å². The van der Waals surface area contributed by atoms with Crippen molar-refractivity contribution in [2.75, 3.05) is 33.2 Å². The van der Waals surface area contributed by atoms with Crippen molar-refractivity contribution in [3.8, 4) is 0 Å². The van der Waals surface area contributed by atoms with E-state index in [1.807, 2.05) is 0 Å². The standard InChI is InChI=1S/C14H29BN2/c1-12(2)17-10-6-14(7-11-17)15-13-4-8-16(3)9-5-13/h12-15H,4-11H2,1-3H3. The molecule has 17 heavy (non-hydrogen) atoms. The van der Waals surface area contributed by atoms with Crippen LogP contribution in [0.2, 0.25) is 11.6 Å². The van der Waals surface area contributed by atoms with Gasteiger partial charge in [-0.2, -0.15) is 0 Å². The van der Waals surface area contributed by atoms with E-state index in [0.717, 1.165) is 17.7 Å². The van der Waals surface area contributed by atoms with Gasteiger partial charge in [-0.05, 0) is 72.8 Å². The van der Waals surface area contributed by atoms with E-state index in [-0.39, 0.29) is 0 Å². The molecule has 0 aromatic heterocycles. The molecule has 0 spiro atoms. The van der Waals surface area contributed by atoms with Crippen LogP contribution in [-0.4, -0.2) is 56.3 Å². The molecule has 0 unspecified atom stereocenters. The number of piperidine rings is 2. The minimum Gasteiger partial charge on any atom is -0.306 e. The molecule has 98 valence electrons. The van der Waals surface area contributed by atoms with Gasteiger partial charge in [-0.25, -0.2) is 0 Å². The summed E-state index contributed by atoms with van der Waals surface area (Å²) in [6.45, 7) is 10.0. The Morgan fingerprint density at radius 2 is 1.35 bits per heavy atom. The second kappa shape index (κ2) is 6.24. The number of hydrogen-bond donors (Lipinski definition) is 0. The molecule has 2 aliphatic heterocycles. The van der Waals surface area contributed by atoms with Gasteiger partial charge in [-0.1, -0.05) is 11.6 Å². The molecule has 0 aromatic rings. The lowest BCUT2D eigenvalue weighted by Crippen LogP contribution is -2.39. The van der Waals surface area contributed by atoms with Gasteiger partial charge in [0.05, 0.1) is 0 Å². The van der Waals surface area contributed by atoms with Crippen LogP contribution in [0.15, 0.2) is 0 Å². The maximum absolute atomic E-state index is 2.64. The van der Waals surface area contributed by atoms with Gasteiger partial charge in [-0.15, -0.1) is 0 Å². The Kier molecular flexibility index (Phi) is 4.92. The van der Waals surface area contributed by atoms with Gasteiger partial charge < -0.3 is 9.80 Å². The van der Waals surface area contributed by atoms with E-state index < -0.39 is 0 Å². The summed E-state index contributed by atoms with van der Waals surface area (Å²) in [4.78, 5) is 5.13. The highest BCUT2D eigenvalue weighted by Gasteiger charge is 2.26. The minimum atomic E-state index is 0.749. The fourth-order valence-electron chi connectivity index (χ4n) is 3.47. The molecule has 0 aliphatic carbocycles. The Hall–Kier alpha value is -0.0151. The molecule has 2 nitrogen and oxygen atoms in total. The third-order valence-electron chi connectivity index (χ3n) is 4.88. The molecule has 0 bridgehead atoms. The largest absolute Gasteiger partial charge is 0.306 e. The molecule has 2 aliphatic rings. The van der Waals surface area contributed by atoms with Gasteiger partial charge in [0.25, 0.3) is 0 Å². The summed E-state index contributed by atoms with van der Waals surface area (Å²) in [6.07, 6.45) is 5.79. The summed E-state index contributed by atoms with van der Waals surface area (Å²) in [5.74, 6) is 2.06. The predicted molar refractivity (Wildman–Crippen MR) is 77.3 cm³/mol. The zero-order valence-electron chi connectivity index (χ0n) is 12.0. The normalized spacial score (nSPS) is 26.6. The third kappa shape index (κ3) is 3.99. The lowest BCUT2D eigenvalue weighted by Gasteiger charge is -2.37. The van der Waals surface area contributed by atoms with E-state index in [4.69, 9.17) is 0 Å². The first-order valence-electron chi connectivity index (χ1n) is 7.57. The first-order valence-corrected chi connectivity index (χ1v) is 7.57. The number of rotatable bonds is 3. The summed E-state index contributed by atoms with van der Waals surface area (Å²) in [7, 11) is 3.77. The van der Waals surface area contributed by atoms with Crippen molar-refractivity contribution >= 4 is 7.28 Å². The summed E-state index contributed by atoms with van der Waals surface area (Å²) in [6, 6.07) is 0.749. The highest BCUT2D eigenvalue weighted by molar-refractivity contribution is 6.39. The molecule has 2 saturated heterocycles. The molecule has 0 aromatic carbocycles. The van der Waals surface area contributed by atoms with Gasteiger partial charge >= 0.3 is 0 Å². The topological polar surface area (TPSA) is 6.48 Å². The Morgan fingerprint density at radius 3 is 1.82 bits per heavy atom. The van der Waals surface area contributed by atoms with Crippen LogP contribution in [0.1, 0.15) is 39.5 Å². The molecule has 0 saturated carbocycles. The monoisotopic (exact) mass is 236 g/mol. The molecule has 3 heteroatoms. The van der Waals surface area contributed by atoms with Crippen LogP contribution in [0.4, 0.5) is 0 Å². The van der Waals surface area contributed by atoms with Gasteiger partial charge in [-0.3, -0.25) is 0 Å². The average Bonchev–Trinajstić information content (AvgIpc) is 2.33. The second-order valence-electron chi connectivity index (χ2n) is 6.56. The summed E-state index contributed by atoms with van der Waals surface area (Å²) in [5, 5.41) is 0. The van der Waals surface area contributed by atoms with Gasteiger partial charge in [0.2, 0.25) is 0 Å². The zero-order chi connectivity index (χ0) is 12.3. The Labute approximate surface area is 108 Å². The lowest BCUT2D eigenvalue weighted by molar-refractivity contribution is 0.184. The van der Waals surface area contributed by atoms with E-state index in [1.54, 1.807) is 0 Å². The summed E-state index contributed by atoms with van der Waals surface area (Å²) < 4.78 is 0. The zero-order valence-corrected chi connectivity index (χ0v) is 12.0. The predicted octanol–water partition coefficient (Wildman–Crippen LogP) is 2.23. The Morgan fingerprint density at radius 1 is 0.882 bits per heavy atom. The number of nitrogens with zero attached hydrogens (tertiary/aromatic N) is 2. The highest BCUT2D eigenvalue weighted by atomic mass is 15.1. The van der Waals surface area contributed by atoms with Crippen LogP contribution in [0.25, 0.3) is 0 Å². The molecule has 2 heterocycles. The quantitative estimate of drug-likeness (QED) is 0.693. The molecule has 0 amide bonds. The van der Waals surface area contributed by atoms with E-state index in [9.17, 15) is 0 Å². The van der Waals surface area contributed by atoms with Crippen molar-refractivity contribution in [2.24, 2.45) is 0 Å². The van der Waals surface area contributed by atoms with E-state index in [1.165, 1.54) is 59.1 Å². The molecule has 2 rings (SSSR count). The van der Waals surface area contributed by atoms with Crippen molar-refractivity contribution in [3.63, 3.8) is 0 Å². The summed E-state index contributed by atoms with van der Waals surface area (Å²) >= 11 is 0. The average molecular weight is 236 g/mol. The van der Waals surface area contributed by atoms with Crippen molar-refractivity contribution < 1.29 is 0 Å². The third-order valence-corrected chi connectivity index (χ3v) is 4.88. The molecular formula is C14H29BN2. The van der Waals surface area contributed by atoms with E-state index in [0.29, 0.717) is 0 Å². The maximum atomic E-state index is 2.64. The van der Waals surface area contributed by atoms with Crippen LogP contribution in [0.3, 0.4) is 0 Å². The van der Waals surface area contributed by atoms with Crippen LogP contribution in [-0.2, 0) is 0 Å². The second-order valence-corrected chi connectivity index (χ2v) is 6.56. The van der Waals surface area contributed by atoms with Crippen molar-refractivity contribution in [3.05, 3.63) is 0 Å². The fourth-order valence-corrected chi connectivity index (χ4v) is 3.47. The first-order chi connectivity index (χ1) is 8.15. The maximum Gasteiger partial charge on any atom is 0.127 e. The first kappa shape index (κ1) is 13.4. The van der Waals surface area contributed by atoms with Crippen LogP contribution in [0, 0.1) is 0 Å². The Balaban J connectivity index is 1.67. The highest BCUT2D eigenvalue weighted by Crippen LogP contribution is 2.31. The molecule has 0 N–H and O–H groups in total. The van der Waals surface area contributed by atoms with Crippen molar-refractivity contribution in [1.29, 1.82) is 0 Å². The van der Waals surface area contributed by atoms with Crippen LogP contribution >= 0.6 is 0 Å². The molecule has 0 atom stereocenters. The summed E-state index contributed by atoms with van der Waals surface area (Å²) in [5.41, 5.74) is 0. The fraction of sp³-hybridized carbons (Fsp3) is 1.00. The van der Waals surface area contributed by atoms with Crippen molar-refractivity contribution in [1.82, 2.24) is 9.80 Å². The number of hydrogen-bond acceptors (Lipinski definition) is 2. The Bertz CT molecular complexity index is 216. The van der Waals surface area contributed by atoms with Gasteiger partial charge in [0.15, 0.2) is 0 Å². The van der Waals surface area contributed by atoms with Gasteiger partial charge in [0.1, 0.15) is 7.28 Å². The lowest BCUT2D eigenvalue weighted by atomic mass is 9.50. The van der Waals surface area contributed by atoms with E-state index >= 15 is 0 Å².